The minimum atomic E-state index is -0.510. The van der Waals surface area contributed by atoms with Gasteiger partial charge in [0.25, 0.3) is 0 Å². The average Bonchev–Trinajstić information content (AvgIpc) is 2.95. The number of azo groups is 1. The van der Waals surface area contributed by atoms with Gasteiger partial charge in [0.2, 0.25) is 5.88 Å². The maximum absolute atomic E-state index is 12.2. The fraction of sp³-hybridized carbons (Fsp3) is 0.318. The van der Waals surface area contributed by atoms with E-state index in [-0.39, 0.29) is 18.4 Å². The fourth-order valence-electron chi connectivity index (χ4n) is 3.21. The van der Waals surface area contributed by atoms with Gasteiger partial charge in [-0.3, -0.25) is 4.79 Å². The van der Waals surface area contributed by atoms with E-state index < -0.39 is 5.91 Å². The number of hydrogen-bond acceptors (Lipinski definition) is 4. The van der Waals surface area contributed by atoms with Gasteiger partial charge >= 0.3 is 5.91 Å². The quantitative estimate of drug-likeness (QED) is 0.576. The molecule has 0 fully saturated rings. The zero-order chi connectivity index (χ0) is 20.3. The van der Waals surface area contributed by atoms with E-state index in [1.54, 1.807) is 4.57 Å². The summed E-state index contributed by atoms with van der Waals surface area (Å²) in [5, 5.41) is 18.9. The summed E-state index contributed by atoms with van der Waals surface area (Å²) in [7, 11) is 0. The normalized spacial score (nSPS) is 11.6. The first-order valence-electron chi connectivity index (χ1n) is 9.40. The second kappa shape index (κ2) is 8.25. The number of ether oxygens (including phenoxy) is 1. The summed E-state index contributed by atoms with van der Waals surface area (Å²) in [6.07, 6.45) is 0. The number of fused-ring (bicyclic) bond motifs is 1. The molecule has 0 saturated heterocycles. The topological polar surface area (TPSA) is 76.2 Å². The highest BCUT2D eigenvalue weighted by Crippen LogP contribution is 2.38. The summed E-state index contributed by atoms with van der Waals surface area (Å²) in [6, 6.07) is 13.4. The highest BCUT2D eigenvalue weighted by Gasteiger charge is 2.16. The highest BCUT2D eigenvalue weighted by atomic mass is 16.5. The summed E-state index contributed by atoms with van der Waals surface area (Å²) in [6.45, 7) is 8.44. The smallest absolute Gasteiger partial charge is 0.302 e. The molecule has 0 unspecified atom stereocenters. The van der Waals surface area contributed by atoms with Gasteiger partial charge < -0.3 is 14.4 Å². The minimum Gasteiger partial charge on any atom is -0.493 e. The molecule has 0 radical (unpaired) electrons. The van der Waals surface area contributed by atoms with Gasteiger partial charge in [-0.05, 0) is 43.0 Å². The largest absolute Gasteiger partial charge is 0.493 e. The Morgan fingerprint density at radius 2 is 1.96 bits per heavy atom. The number of carbonyl (C=O) groups is 1. The third kappa shape index (κ3) is 3.91. The standard InChI is InChI=1S/C22H25N3O3/c1-5-25-18-9-7-6-8-17(18)21(22(25)27)24-23-20(26)13-28-19-12-15(4)10-11-16(19)14(2)3/h6-12,14,27H,5,13H2,1-4H3. The van der Waals surface area contributed by atoms with Crippen LogP contribution < -0.4 is 4.74 Å². The average molecular weight is 379 g/mol. The van der Waals surface area contributed by atoms with Crippen LogP contribution in [0.1, 0.15) is 37.8 Å². The van der Waals surface area contributed by atoms with E-state index in [0.717, 1.165) is 22.0 Å². The maximum Gasteiger partial charge on any atom is 0.302 e. The molecule has 1 amide bonds. The number of nitrogens with zero attached hydrogens (tertiary/aromatic N) is 3. The monoisotopic (exact) mass is 379 g/mol. The van der Waals surface area contributed by atoms with Crippen LogP contribution in [0.3, 0.4) is 0 Å². The first-order chi connectivity index (χ1) is 13.4. The molecule has 2 aromatic carbocycles. The first-order valence-corrected chi connectivity index (χ1v) is 9.40. The molecule has 1 aromatic heterocycles. The summed E-state index contributed by atoms with van der Waals surface area (Å²) >= 11 is 0. The molecule has 0 aliphatic carbocycles. The van der Waals surface area contributed by atoms with Crippen LogP contribution >= 0.6 is 0 Å². The fourth-order valence-corrected chi connectivity index (χ4v) is 3.21. The van der Waals surface area contributed by atoms with Gasteiger partial charge in [-0.15, -0.1) is 10.2 Å². The molecule has 3 aromatic rings. The molecule has 1 heterocycles. The lowest BCUT2D eigenvalue weighted by Crippen LogP contribution is -2.09. The number of rotatable bonds is 6. The molecular weight excluding hydrogens is 354 g/mol. The number of aromatic hydroxyl groups is 1. The molecule has 146 valence electrons. The van der Waals surface area contributed by atoms with Crippen LogP contribution in [-0.2, 0) is 11.3 Å². The van der Waals surface area contributed by atoms with Crippen LogP contribution in [0, 0.1) is 6.92 Å². The number of para-hydroxylation sites is 1. The molecule has 6 nitrogen and oxygen atoms in total. The van der Waals surface area contributed by atoms with Crippen molar-refractivity contribution in [2.24, 2.45) is 10.2 Å². The number of carbonyl (C=O) groups excluding carboxylic acids is 1. The molecular formula is C22H25N3O3. The number of amides is 1. The molecule has 28 heavy (non-hydrogen) atoms. The highest BCUT2D eigenvalue weighted by molar-refractivity contribution is 5.95. The lowest BCUT2D eigenvalue weighted by molar-refractivity contribution is -0.120. The zero-order valence-corrected chi connectivity index (χ0v) is 16.6. The van der Waals surface area contributed by atoms with Crippen molar-refractivity contribution >= 4 is 22.5 Å². The first kappa shape index (κ1) is 19.6. The molecule has 0 bridgehead atoms. The van der Waals surface area contributed by atoms with Crippen molar-refractivity contribution in [3.63, 3.8) is 0 Å². The zero-order valence-electron chi connectivity index (χ0n) is 16.6. The Hall–Kier alpha value is -3.15. The van der Waals surface area contributed by atoms with Crippen molar-refractivity contribution in [3.8, 4) is 11.6 Å². The summed E-state index contributed by atoms with van der Waals surface area (Å²) in [5.41, 5.74) is 3.25. The van der Waals surface area contributed by atoms with Crippen molar-refractivity contribution in [1.29, 1.82) is 0 Å². The van der Waals surface area contributed by atoms with E-state index in [0.29, 0.717) is 18.0 Å². The van der Waals surface area contributed by atoms with Gasteiger partial charge in [-0.25, -0.2) is 0 Å². The van der Waals surface area contributed by atoms with E-state index in [1.165, 1.54) is 0 Å². The summed E-state index contributed by atoms with van der Waals surface area (Å²) in [5.74, 6) is 0.458. The van der Waals surface area contributed by atoms with Crippen LogP contribution in [0.2, 0.25) is 0 Å². The lowest BCUT2D eigenvalue weighted by atomic mass is 10.0. The molecule has 1 N–H and O–H groups in total. The SMILES string of the molecule is CCn1c(O)c(N=NC(=O)COc2cc(C)ccc2C(C)C)c2ccccc21. The predicted molar refractivity (Wildman–Crippen MR) is 110 cm³/mol. The van der Waals surface area contributed by atoms with Crippen molar-refractivity contribution in [2.45, 2.75) is 40.2 Å². The van der Waals surface area contributed by atoms with Crippen LogP contribution in [-0.4, -0.2) is 22.2 Å². The van der Waals surface area contributed by atoms with Crippen molar-refractivity contribution in [1.82, 2.24) is 4.57 Å². The van der Waals surface area contributed by atoms with Crippen molar-refractivity contribution in [2.75, 3.05) is 6.61 Å². The molecule has 0 atom stereocenters. The molecule has 6 heteroatoms. The van der Waals surface area contributed by atoms with Gasteiger partial charge in [-0.1, -0.05) is 44.2 Å². The van der Waals surface area contributed by atoms with Crippen LogP contribution in [0.25, 0.3) is 10.9 Å². The summed E-state index contributed by atoms with van der Waals surface area (Å²) < 4.78 is 7.43. The second-order valence-corrected chi connectivity index (χ2v) is 7.01. The molecule has 0 aliphatic heterocycles. The lowest BCUT2D eigenvalue weighted by Gasteiger charge is -2.13. The van der Waals surface area contributed by atoms with E-state index in [4.69, 9.17) is 4.74 Å². The van der Waals surface area contributed by atoms with Gasteiger partial charge in [0, 0.05) is 11.9 Å². The van der Waals surface area contributed by atoms with E-state index in [1.807, 2.05) is 56.3 Å². The number of hydrogen-bond donors (Lipinski definition) is 1. The van der Waals surface area contributed by atoms with E-state index in [2.05, 4.69) is 24.1 Å². The number of benzene rings is 2. The second-order valence-electron chi connectivity index (χ2n) is 7.01. The van der Waals surface area contributed by atoms with E-state index in [9.17, 15) is 9.90 Å². The third-order valence-electron chi connectivity index (χ3n) is 4.64. The Labute approximate surface area is 164 Å². The van der Waals surface area contributed by atoms with Crippen molar-refractivity contribution < 1.29 is 14.6 Å². The van der Waals surface area contributed by atoms with Crippen LogP contribution in [0.5, 0.6) is 11.6 Å². The Kier molecular flexibility index (Phi) is 5.78. The Balaban J connectivity index is 1.78. The predicted octanol–water partition coefficient (Wildman–Crippen LogP) is 5.49. The Bertz CT molecular complexity index is 1030. The maximum atomic E-state index is 12.2. The molecule has 3 rings (SSSR count). The van der Waals surface area contributed by atoms with Crippen LogP contribution in [0.4, 0.5) is 5.69 Å². The number of aromatic nitrogens is 1. The summed E-state index contributed by atoms with van der Waals surface area (Å²) in [4.78, 5) is 12.2. The van der Waals surface area contributed by atoms with Gasteiger partial charge in [0.1, 0.15) is 5.75 Å². The van der Waals surface area contributed by atoms with Crippen LogP contribution in [0.15, 0.2) is 52.7 Å². The van der Waals surface area contributed by atoms with Gasteiger partial charge in [0.05, 0.1) is 5.52 Å². The third-order valence-corrected chi connectivity index (χ3v) is 4.64. The molecule has 0 aliphatic rings. The Morgan fingerprint density at radius 1 is 1.21 bits per heavy atom. The number of aryl methyl sites for hydroxylation is 2. The van der Waals surface area contributed by atoms with Crippen molar-refractivity contribution in [3.05, 3.63) is 53.6 Å². The minimum absolute atomic E-state index is 0.00180. The Morgan fingerprint density at radius 3 is 2.68 bits per heavy atom. The van der Waals surface area contributed by atoms with Gasteiger partial charge in [0.15, 0.2) is 12.3 Å². The van der Waals surface area contributed by atoms with Gasteiger partial charge in [-0.2, -0.15) is 0 Å². The molecule has 0 spiro atoms. The van der Waals surface area contributed by atoms with E-state index >= 15 is 0 Å². The molecule has 0 saturated carbocycles.